The predicted molar refractivity (Wildman–Crippen MR) is 87.6 cm³/mol. The topological polar surface area (TPSA) is 84.9 Å². The molecule has 6 nitrogen and oxygen atoms in total. The number of hydrogen-bond donors (Lipinski definition) is 2. The van der Waals surface area contributed by atoms with E-state index in [1.807, 2.05) is 25.1 Å². The number of carbonyl (C=O) groups is 2. The Balaban J connectivity index is 2.61. The molecule has 0 atom stereocenters. The van der Waals surface area contributed by atoms with E-state index >= 15 is 0 Å². The molecule has 0 unspecified atom stereocenters. The second kappa shape index (κ2) is 8.22. The molecule has 0 saturated carbocycles. The van der Waals surface area contributed by atoms with Crippen LogP contribution in [-0.4, -0.2) is 37.2 Å². The minimum absolute atomic E-state index is 0.0297. The SMILES string of the molecule is C/C=C/c1ccc(OCC(=O)NCC(C)(C)C(=O)O)c(OC)c1. The van der Waals surface area contributed by atoms with Gasteiger partial charge in [-0.3, -0.25) is 9.59 Å². The van der Waals surface area contributed by atoms with Crippen LogP contribution in [0.25, 0.3) is 6.08 Å². The Morgan fingerprint density at radius 2 is 2.00 bits per heavy atom. The van der Waals surface area contributed by atoms with Gasteiger partial charge >= 0.3 is 5.97 Å². The van der Waals surface area contributed by atoms with Crippen LogP contribution in [0, 0.1) is 5.41 Å². The van der Waals surface area contributed by atoms with Crippen molar-refractivity contribution < 1.29 is 24.2 Å². The van der Waals surface area contributed by atoms with Gasteiger partial charge < -0.3 is 19.9 Å². The summed E-state index contributed by atoms with van der Waals surface area (Å²) in [4.78, 5) is 22.8. The molecule has 0 fully saturated rings. The maximum Gasteiger partial charge on any atom is 0.310 e. The Morgan fingerprint density at radius 3 is 2.57 bits per heavy atom. The Bertz CT molecular complexity index is 593. The van der Waals surface area contributed by atoms with E-state index in [0.29, 0.717) is 11.5 Å². The molecule has 1 aromatic rings. The average molecular weight is 321 g/mol. The molecule has 126 valence electrons. The van der Waals surface area contributed by atoms with Gasteiger partial charge in [-0.2, -0.15) is 0 Å². The van der Waals surface area contributed by atoms with Crippen molar-refractivity contribution in [1.82, 2.24) is 5.32 Å². The summed E-state index contributed by atoms with van der Waals surface area (Å²) in [6.07, 6.45) is 3.83. The van der Waals surface area contributed by atoms with Crippen molar-refractivity contribution >= 4 is 18.0 Å². The highest BCUT2D eigenvalue weighted by molar-refractivity contribution is 5.79. The van der Waals surface area contributed by atoms with Crippen molar-refractivity contribution in [3.8, 4) is 11.5 Å². The Morgan fingerprint density at radius 1 is 1.30 bits per heavy atom. The third-order valence-corrected chi connectivity index (χ3v) is 3.21. The fraction of sp³-hybridized carbons (Fsp3) is 0.412. The monoisotopic (exact) mass is 321 g/mol. The molecular formula is C17H23NO5. The highest BCUT2D eigenvalue weighted by Crippen LogP contribution is 2.28. The van der Waals surface area contributed by atoms with Gasteiger partial charge in [0.05, 0.1) is 12.5 Å². The van der Waals surface area contributed by atoms with Gasteiger partial charge in [-0.1, -0.05) is 18.2 Å². The largest absolute Gasteiger partial charge is 0.493 e. The molecule has 0 aromatic heterocycles. The van der Waals surface area contributed by atoms with Gasteiger partial charge in [0.2, 0.25) is 0 Å². The fourth-order valence-corrected chi connectivity index (χ4v) is 1.69. The average Bonchev–Trinajstić information content (AvgIpc) is 2.51. The molecule has 6 heteroatoms. The Hall–Kier alpha value is -2.50. The number of amides is 1. The summed E-state index contributed by atoms with van der Waals surface area (Å²) in [5.74, 6) is -0.383. The lowest BCUT2D eigenvalue weighted by Crippen LogP contribution is -2.40. The zero-order chi connectivity index (χ0) is 17.5. The predicted octanol–water partition coefficient (Wildman–Crippen LogP) is 2.33. The van der Waals surface area contributed by atoms with Crippen molar-refractivity contribution in [2.75, 3.05) is 20.3 Å². The van der Waals surface area contributed by atoms with Crippen LogP contribution >= 0.6 is 0 Å². The molecule has 0 heterocycles. The van der Waals surface area contributed by atoms with E-state index < -0.39 is 11.4 Å². The first kappa shape index (κ1) is 18.5. The van der Waals surface area contributed by atoms with Crippen LogP contribution in [0.4, 0.5) is 0 Å². The van der Waals surface area contributed by atoms with Crippen LogP contribution in [0.3, 0.4) is 0 Å². The number of allylic oxidation sites excluding steroid dienone is 1. The molecular weight excluding hydrogens is 298 g/mol. The van der Waals surface area contributed by atoms with Crippen molar-refractivity contribution in [3.05, 3.63) is 29.8 Å². The van der Waals surface area contributed by atoms with Crippen LogP contribution in [0.1, 0.15) is 26.3 Å². The highest BCUT2D eigenvalue weighted by atomic mass is 16.5. The summed E-state index contributed by atoms with van der Waals surface area (Å²) in [6.45, 7) is 4.82. The summed E-state index contributed by atoms with van der Waals surface area (Å²) in [6, 6.07) is 5.38. The summed E-state index contributed by atoms with van der Waals surface area (Å²) in [5, 5.41) is 11.5. The summed E-state index contributed by atoms with van der Waals surface area (Å²) in [7, 11) is 1.52. The molecule has 1 aromatic carbocycles. The number of benzene rings is 1. The number of nitrogens with one attached hydrogen (secondary N) is 1. The Kier molecular flexibility index (Phi) is 6.63. The molecule has 0 aliphatic carbocycles. The van der Waals surface area contributed by atoms with Crippen molar-refractivity contribution in [1.29, 1.82) is 0 Å². The number of rotatable bonds is 8. The molecule has 2 N–H and O–H groups in total. The summed E-state index contributed by atoms with van der Waals surface area (Å²) >= 11 is 0. The number of carbonyl (C=O) groups excluding carboxylic acids is 1. The molecule has 0 aliphatic rings. The smallest absolute Gasteiger partial charge is 0.310 e. The third-order valence-electron chi connectivity index (χ3n) is 3.21. The van der Waals surface area contributed by atoms with E-state index in [1.54, 1.807) is 26.0 Å². The molecule has 23 heavy (non-hydrogen) atoms. The first-order valence-electron chi connectivity index (χ1n) is 7.24. The molecule has 1 rings (SSSR count). The maximum atomic E-state index is 11.8. The third kappa shape index (κ3) is 5.65. The van der Waals surface area contributed by atoms with Crippen LogP contribution in [0.15, 0.2) is 24.3 Å². The number of carboxylic acid groups (broad SMARTS) is 1. The van der Waals surface area contributed by atoms with E-state index in [2.05, 4.69) is 5.32 Å². The van der Waals surface area contributed by atoms with E-state index in [4.69, 9.17) is 14.6 Å². The second-order valence-electron chi connectivity index (χ2n) is 5.66. The van der Waals surface area contributed by atoms with Crippen LogP contribution in [0.5, 0.6) is 11.5 Å². The van der Waals surface area contributed by atoms with Crippen LogP contribution in [-0.2, 0) is 9.59 Å². The van der Waals surface area contributed by atoms with Crippen molar-refractivity contribution in [2.45, 2.75) is 20.8 Å². The molecule has 0 bridgehead atoms. The van der Waals surface area contributed by atoms with Crippen LogP contribution < -0.4 is 14.8 Å². The quantitative estimate of drug-likeness (QED) is 0.767. The summed E-state index contributed by atoms with van der Waals surface area (Å²) < 4.78 is 10.7. The zero-order valence-corrected chi connectivity index (χ0v) is 13.9. The van der Waals surface area contributed by atoms with Crippen molar-refractivity contribution in [2.24, 2.45) is 5.41 Å². The standard InChI is InChI=1S/C17H23NO5/c1-5-6-12-7-8-13(14(9-12)22-4)23-10-15(19)18-11-17(2,3)16(20)21/h5-9H,10-11H2,1-4H3,(H,18,19)(H,20,21)/b6-5+. The van der Waals surface area contributed by atoms with Crippen LogP contribution in [0.2, 0.25) is 0 Å². The number of ether oxygens (including phenoxy) is 2. The lowest BCUT2D eigenvalue weighted by molar-refractivity contribution is -0.146. The normalized spacial score (nSPS) is 11.3. The van der Waals surface area contributed by atoms with E-state index in [1.165, 1.54) is 7.11 Å². The maximum absolute atomic E-state index is 11.8. The number of carboxylic acids is 1. The first-order chi connectivity index (χ1) is 10.8. The van der Waals surface area contributed by atoms with Gasteiger partial charge in [-0.15, -0.1) is 0 Å². The molecule has 0 saturated heterocycles. The summed E-state index contributed by atoms with van der Waals surface area (Å²) in [5.41, 5.74) is -0.0639. The number of hydrogen-bond acceptors (Lipinski definition) is 4. The molecule has 0 aliphatic heterocycles. The van der Waals surface area contributed by atoms with Gasteiger partial charge in [-0.05, 0) is 38.5 Å². The van der Waals surface area contributed by atoms with E-state index in [0.717, 1.165) is 5.56 Å². The number of methoxy groups -OCH3 is 1. The molecule has 1 amide bonds. The van der Waals surface area contributed by atoms with Gasteiger partial charge in [0.25, 0.3) is 5.91 Å². The lowest BCUT2D eigenvalue weighted by Gasteiger charge is -2.19. The first-order valence-corrected chi connectivity index (χ1v) is 7.24. The Labute approximate surface area is 136 Å². The highest BCUT2D eigenvalue weighted by Gasteiger charge is 2.27. The van der Waals surface area contributed by atoms with Gasteiger partial charge in [0.15, 0.2) is 18.1 Å². The van der Waals surface area contributed by atoms with E-state index in [9.17, 15) is 9.59 Å². The second-order valence-corrected chi connectivity index (χ2v) is 5.66. The van der Waals surface area contributed by atoms with E-state index in [-0.39, 0.29) is 19.1 Å². The van der Waals surface area contributed by atoms with Gasteiger partial charge in [0, 0.05) is 6.54 Å². The van der Waals surface area contributed by atoms with Crippen molar-refractivity contribution in [3.63, 3.8) is 0 Å². The fourth-order valence-electron chi connectivity index (χ4n) is 1.69. The molecule has 0 radical (unpaired) electrons. The number of aliphatic carboxylic acids is 1. The zero-order valence-electron chi connectivity index (χ0n) is 13.9. The minimum Gasteiger partial charge on any atom is -0.493 e. The lowest BCUT2D eigenvalue weighted by atomic mass is 9.94. The van der Waals surface area contributed by atoms with Gasteiger partial charge in [0.1, 0.15) is 0 Å². The van der Waals surface area contributed by atoms with Gasteiger partial charge in [-0.25, -0.2) is 0 Å². The molecule has 0 spiro atoms. The minimum atomic E-state index is -1.03.